The highest BCUT2D eigenvalue weighted by Gasteiger charge is 2.13. The average Bonchev–Trinajstić information content (AvgIpc) is 2.77. The third kappa shape index (κ3) is 3.30. The van der Waals surface area contributed by atoms with Gasteiger partial charge in [-0.3, -0.25) is 4.68 Å². The van der Waals surface area contributed by atoms with Gasteiger partial charge >= 0.3 is 0 Å². The molecule has 1 heterocycles. The summed E-state index contributed by atoms with van der Waals surface area (Å²) in [7, 11) is 0. The Morgan fingerprint density at radius 3 is 2.60 bits per heavy atom. The number of hydrogen-bond acceptors (Lipinski definition) is 2. The van der Waals surface area contributed by atoms with E-state index in [4.69, 9.17) is 0 Å². The van der Waals surface area contributed by atoms with E-state index in [0.29, 0.717) is 0 Å². The van der Waals surface area contributed by atoms with Crippen LogP contribution >= 0.6 is 15.9 Å². The number of halogens is 1. The second kappa shape index (κ2) is 7.04. The van der Waals surface area contributed by atoms with E-state index in [-0.39, 0.29) is 0 Å². The third-order valence-electron chi connectivity index (χ3n) is 3.56. The highest BCUT2D eigenvalue weighted by molar-refractivity contribution is 9.10. The minimum Gasteiger partial charge on any atom is -0.307 e. The van der Waals surface area contributed by atoms with Crippen molar-refractivity contribution in [2.45, 2.75) is 46.8 Å². The molecule has 108 valence electrons. The number of benzene rings is 1. The minimum absolute atomic E-state index is 0.829. The lowest BCUT2D eigenvalue weighted by Crippen LogP contribution is -2.17. The van der Waals surface area contributed by atoms with Gasteiger partial charge < -0.3 is 5.32 Å². The molecular formula is C16H22BrN3. The van der Waals surface area contributed by atoms with Crippen LogP contribution in [0.1, 0.15) is 36.4 Å². The van der Waals surface area contributed by atoms with Crippen molar-refractivity contribution in [3.63, 3.8) is 0 Å². The maximum atomic E-state index is 4.62. The highest BCUT2D eigenvalue weighted by atomic mass is 79.9. The Kier molecular flexibility index (Phi) is 5.38. The van der Waals surface area contributed by atoms with Gasteiger partial charge in [-0.15, -0.1) is 0 Å². The monoisotopic (exact) mass is 335 g/mol. The Morgan fingerprint density at radius 1 is 1.20 bits per heavy atom. The van der Waals surface area contributed by atoms with Gasteiger partial charge in [-0.25, -0.2) is 0 Å². The Labute approximate surface area is 129 Å². The maximum absolute atomic E-state index is 4.62. The molecule has 0 atom stereocenters. The first-order valence-corrected chi connectivity index (χ1v) is 7.95. The molecular weight excluding hydrogens is 314 g/mol. The second-order valence-electron chi connectivity index (χ2n) is 4.91. The standard InChI is InChI=1S/C16H22BrN3/c1-4-14-16(17)15(20(5-2)19-14)11-18-10-13-9-7-6-8-12(13)3/h6-9,18H,4-5,10-11H2,1-3H3. The molecule has 0 fully saturated rings. The van der Waals surface area contributed by atoms with E-state index in [1.165, 1.54) is 16.8 Å². The molecule has 0 saturated carbocycles. The van der Waals surface area contributed by atoms with Gasteiger partial charge in [-0.05, 0) is 47.3 Å². The number of hydrogen-bond donors (Lipinski definition) is 1. The van der Waals surface area contributed by atoms with Crippen molar-refractivity contribution in [1.29, 1.82) is 0 Å². The number of aromatic nitrogens is 2. The van der Waals surface area contributed by atoms with Gasteiger partial charge in [0, 0.05) is 19.6 Å². The predicted molar refractivity (Wildman–Crippen MR) is 86.7 cm³/mol. The molecule has 4 heteroatoms. The largest absolute Gasteiger partial charge is 0.307 e. The Bertz CT molecular complexity index is 575. The van der Waals surface area contributed by atoms with Crippen molar-refractivity contribution in [3.05, 3.63) is 51.3 Å². The Morgan fingerprint density at radius 2 is 1.95 bits per heavy atom. The molecule has 0 aliphatic heterocycles. The van der Waals surface area contributed by atoms with E-state index in [1.807, 2.05) is 0 Å². The van der Waals surface area contributed by atoms with Gasteiger partial charge in [-0.2, -0.15) is 5.10 Å². The van der Waals surface area contributed by atoms with Gasteiger partial charge in [0.25, 0.3) is 0 Å². The molecule has 0 spiro atoms. The predicted octanol–water partition coefficient (Wildman–Crippen LogP) is 3.83. The molecule has 2 aromatic rings. The van der Waals surface area contributed by atoms with Gasteiger partial charge in [-0.1, -0.05) is 31.2 Å². The van der Waals surface area contributed by atoms with Gasteiger partial charge in [0.1, 0.15) is 0 Å². The lowest BCUT2D eigenvalue weighted by molar-refractivity contribution is 0.576. The summed E-state index contributed by atoms with van der Waals surface area (Å²) in [5.74, 6) is 0. The van der Waals surface area contributed by atoms with Crippen molar-refractivity contribution in [1.82, 2.24) is 15.1 Å². The van der Waals surface area contributed by atoms with E-state index >= 15 is 0 Å². The molecule has 0 saturated heterocycles. The molecule has 0 bridgehead atoms. The van der Waals surface area contributed by atoms with Crippen LogP contribution in [0.3, 0.4) is 0 Å². The first kappa shape index (κ1) is 15.3. The zero-order valence-corrected chi connectivity index (χ0v) is 14.0. The van der Waals surface area contributed by atoms with Gasteiger partial charge in [0.15, 0.2) is 0 Å². The van der Waals surface area contributed by atoms with Crippen LogP contribution in [0, 0.1) is 6.92 Å². The molecule has 0 amide bonds. The molecule has 1 aromatic carbocycles. The number of rotatable bonds is 6. The minimum atomic E-state index is 0.829. The second-order valence-corrected chi connectivity index (χ2v) is 5.70. The molecule has 0 radical (unpaired) electrons. The number of nitrogens with zero attached hydrogens (tertiary/aromatic N) is 2. The van der Waals surface area contributed by atoms with Crippen LogP contribution < -0.4 is 5.32 Å². The maximum Gasteiger partial charge on any atom is 0.0767 e. The van der Waals surface area contributed by atoms with E-state index < -0.39 is 0 Å². The van der Waals surface area contributed by atoms with Crippen molar-refractivity contribution in [3.8, 4) is 0 Å². The summed E-state index contributed by atoms with van der Waals surface area (Å²) in [4.78, 5) is 0. The van der Waals surface area contributed by atoms with Gasteiger partial charge in [0.2, 0.25) is 0 Å². The summed E-state index contributed by atoms with van der Waals surface area (Å²) in [6, 6.07) is 8.49. The Balaban J connectivity index is 2.04. The van der Waals surface area contributed by atoms with E-state index in [1.54, 1.807) is 0 Å². The highest BCUT2D eigenvalue weighted by Crippen LogP contribution is 2.22. The summed E-state index contributed by atoms with van der Waals surface area (Å²) < 4.78 is 3.23. The average molecular weight is 336 g/mol. The van der Waals surface area contributed by atoms with E-state index in [9.17, 15) is 0 Å². The lowest BCUT2D eigenvalue weighted by Gasteiger charge is -2.09. The summed E-state index contributed by atoms with van der Waals surface area (Å²) >= 11 is 3.68. The fourth-order valence-electron chi connectivity index (χ4n) is 2.31. The fourth-order valence-corrected chi connectivity index (χ4v) is 3.01. The summed E-state index contributed by atoms with van der Waals surface area (Å²) in [5, 5.41) is 8.14. The molecule has 0 aliphatic rings. The number of aryl methyl sites for hydroxylation is 3. The van der Waals surface area contributed by atoms with Crippen molar-refractivity contribution >= 4 is 15.9 Å². The molecule has 2 rings (SSSR count). The van der Waals surface area contributed by atoms with Crippen molar-refractivity contribution < 1.29 is 0 Å². The van der Waals surface area contributed by atoms with Crippen LogP contribution in [0.2, 0.25) is 0 Å². The van der Waals surface area contributed by atoms with Crippen LogP contribution in [0.25, 0.3) is 0 Å². The van der Waals surface area contributed by atoms with Crippen LogP contribution in [0.15, 0.2) is 28.7 Å². The molecule has 1 N–H and O–H groups in total. The quantitative estimate of drug-likeness (QED) is 0.869. The van der Waals surface area contributed by atoms with Crippen LogP contribution in [-0.4, -0.2) is 9.78 Å². The normalized spacial score (nSPS) is 11.0. The van der Waals surface area contributed by atoms with Crippen molar-refractivity contribution in [2.75, 3.05) is 0 Å². The van der Waals surface area contributed by atoms with Crippen LogP contribution in [0.4, 0.5) is 0 Å². The lowest BCUT2D eigenvalue weighted by atomic mass is 10.1. The summed E-state index contributed by atoms with van der Waals surface area (Å²) in [6.45, 7) is 9.03. The van der Waals surface area contributed by atoms with Crippen molar-refractivity contribution in [2.24, 2.45) is 0 Å². The van der Waals surface area contributed by atoms with Crippen LogP contribution in [0.5, 0.6) is 0 Å². The summed E-state index contributed by atoms with van der Waals surface area (Å²) in [5.41, 5.74) is 5.05. The van der Waals surface area contributed by atoms with E-state index in [2.05, 4.69) is 76.1 Å². The number of nitrogens with one attached hydrogen (secondary N) is 1. The van der Waals surface area contributed by atoms with Crippen LogP contribution in [-0.2, 0) is 26.1 Å². The van der Waals surface area contributed by atoms with E-state index in [0.717, 1.165) is 36.2 Å². The topological polar surface area (TPSA) is 29.9 Å². The fraction of sp³-hybridized carbons (Fsp3) is 0.438. The molecule has 3 nitrogen and oxygen atoms in total. The molecule has 20 heavy (non-hydrogen) atoms. The third-order valence-corrected chi connectivity index (χ3v) is 4.48. The Hall–Kier alpha value is -1.13. The van der Waals surface area contributed by atoms with Gasteiger partial charge in [0.05, 0.1) is 15.9 Å². The first-order valence-electron chi connectivity index (χ1n) is 7.16. The molecule has 0 unspecified atom stereocenters. The molecule has 0 aliphatic carbocycles. The zero-order chi connectivity index (χ0) is 14.5. The SMILES string of the molecule is CCc1nn(CC)c(CNCc2ccccc2C)c1Br. The first-order chi connectivity index (χ1) is 9.67. The smallest absolute Gasteiger partial charge is 0.0767 e. The molecule has 1 aromatic heterocycles. The zero-order valence-electron chi connectivity index (χ0n) is 12.4. The summed E-state index contributed by atoms with van der Waals surface area (Å²) in [6.07, 6.45) is 0.957.